The number of rotatable bonds is 12. The zero-order valence-electron chi connectivity index (χ0n) is 67.8. The molecule has 2 aromatic carbocycles. The number of benzene rings is 2. The molecule has 6 heterocycles. The Kier molecular flexibility index (Phi) is 37.4. The van der Waals surface area contributed by atoms with Crippen LogP contribution in [0.15, 0.2) is 216 Å². The fourth-order valence-corrected chi connectivity index (χ4v) is 10.1. The first-order valence-corrected chi connectivity index (χ1v) is 39.2. The van der Waals surface area contributed by atoms with Gasteiger partial charge in [0.15, 0.2) is 0 Å². The second-order valence-corrected chi connectivity index (χ2v) is 34.7. The zero-order valence-corrected chi connectivity index (χ0v) is 75.5. The predicted molar refractivity (Wildman–Crippen MR) is 419 cm³/mol. The number of pyridine rings is 6. The minimum absolute atomic E-state index is 0. The minimum Gasteiger partial charge on any atom is 2.00 e. The molecule has 8 aromatic rings. The largest absolute Gasteiger partial charge is 2.00 e. The third-order valence-corrected chi connectivity index (χ3v) is 15.3. The Labute approximate surface area is 678 Å². The number of hydrogen-bond acceptors (Lipinski definition) is 12. The van der Waals surface area contributed by atoms with Gasteiger partial charge in [0.25, 0.3) is 0 Å². The number of aromatic nitrogens is 6. The van der Waals surface area contributed by atoms with E-state index in [2.05, 4.69) is 151 Å². The number of halogens is 12. The van der Waals surface area contributed by atoms with Crippen molar-refractivity contribution in [2.45, 2.75) is 178 Å². The predicted octanol–water partition coefficient (Wildman–Crippen LogP) is 24.9. The molecule has 0 saturated heterocycles. The van der Waals surface area contributed by atoms with Gasteiger partial charge >= 0.3 is 105 Å². The quantitative estimate of drug-likeness (QED) is 0.0376. The van der Waals surface area contributed by atoms with E-state index in [1.807, 2.05) is 210 Å². The molecule has 600 valence electrons. The standard InChI is InChI=1S/2C21H24N4.2C14H20O2.2C7H8.2F6P.2Zn/c2*1-16-7-4-10-19(22-16)13-25(14-20-11-5-8-17(2)23-20)15-21-12-6-9-18(3)24-21;2*1-13(2,3)9-7-10(14(4,5)6)12(16)11(15)8-9;2*1-7-5-3-2-4-6-7;2*1-7(2,3,4,5)6;;/h2*4-12H,13-15H2,1-3H3;2*7-8H,1-6H3;2*2-6H,1H3;;;;/q;;;;;;2*-1;2*+2. The summed E-state index contributed by atoms with van der Waals surface area (Å²) in [5.74, 6) is -1.50. The van der Waals surface area contributed by atoms with Crippen molar-refractivity contribution in [1.82, 2.24) is 39.7 Å². The van der Waals surface area contributed by atoms with Crippen molar-refractivity contribution in [2.24, 2.45) is 21.7 Å². The Balaban J connectivity index is 0.000000673. The molecule has 10 rings (SSSR count). The number of allylic oxidation sites excluding steroid dienone is 8. The van der Waals surface area contributed by atoms with Crippen molar-refractivity contribution >= 4 is 38.7 Å². The van der Waals surface area contributed by atoms with E-state index in [0.29, 0.717) is 11.1 Å². The summed E-state index contributed by atoms with van der Waals surface area (Å²) in [6.07, 6.45) is 6.70. The number of ketones is 4. The van der Waals surface area contributed by atoms with Crippen LogP contribution in [0.4, 0.5) is 50.4 Å². The van der Waals surface area contributed by atoms with Gasteiger partial charge in [-0.3, -0.25) is 58.9 Å². The van der Waals surface area contributed by atoms with Gasteiger partial charge in [-0.25, -0.2) is 0 Å². The van der Waals surface area contributed by atoms with E-state index < -0.39 is 27.2 Å². The van der Waals surface area contributed by atoms with Crippen molar-refractivity contribution < 1.29 is 108 Å². The van der Waals surface area contributed by atoms with E-state index in [4.69, 9.17) is 0 Å². The van der Waals surface area contributed by atoms with Crippen molar-refractivity contribution in [2.75, 3.05) is 0 Å². The van der Waals surface area contributed by atoms with Crippen LogP contribution in [0.1, 0.15) is 163 Å². The molecule has 112 heavy (non-hydrogen) atoms. The Bertz CT molecular complexity index is 4030. The van der Waals surface area contributed by atoms with Gasteiger partial charge in [-0.2, -0.15) is 0 Å². The third-order valence-electron chi connectivity index (χ3n) is 15.3. The van der Waals surface area contributed by atoms with E-state index in [0.717, 1.165) is 119 Å². The first-order valence-electron chi connectivity index (χ1n) is 35.1. The van der Waals surface area contributed by atoms with Gasteiger partial charge in [0.1, 0.15) is 0 Å². The first kappa shape index (κ1) is 102. The van der Waals surface area contributed by atoms with Gasteiger partial charge in [-0.05, 0) is 173 Å². The van der Waals surface area contributed by atoms with E-state index >= 15 is 0 Å². The molecule has 12 nitrogen and oxygen atoms in total. The Morgan fingerprint density at radius 3 is 0.580 bits per heavy atom. The fourth-order valence-electron chi connectivity index (χ4n) is 10.1. The summed E-state index contributed by atoms with van der Waals surface area (Å²) in [4.78, 5) is 79.4. The number of nitrogens with zero attached hydrogens (tertiary/aromatic N) is 8. The monoisotopic (exact) mass is 1710 g/mol. The van der Waals surface area contributed by atoms with Gasteiger partial charge in [0, 0.05) is 84.6 Å². The van der Waals surface area contributed by atoms with Crippen LogP contribution < -0.4 is 0 Å². The van der Waals surface area contributed by atoms with Crippen molar-refractivity contribution in [3.63, 3.8) is 0 Å². The van der Waals surface area contributed by atoms with Gasteiger partial charge in [0.2, 0.25) is 23.1 Å². The average Bonchev–Trinajstić information content (AvgIpc) is 0.801. The fraction of sp³-hybridized carbons (Fsp3) is 0.357. The first-order chi connectivity index (χ1) is 49.9. The van der Waals surface area contributed by atoms with Crippen LogP contribution in [-0.4, -0.2) is 62.8 Å². The smallest absolute Gasteiger partial charge is 2.00 e. The van der Waals surface area contributed by atoms with Gasteiger partial charge in [-0.1, -0.05) is 203 Å². The van der Waals surface area contributed by atoms with Gasteiger partial charge < -0.3 is 0 Å². The molecule has 0 unspecified atom stereocenters. The maximum absolute atomic E-state index is 11.8. The Morgan fingerprint density at radius 2 is 0.446 bits per heavy atom. The van der Waals surface area contributed by atoms with E-state index in [1.54, 1.807) is 0 Å². The normalized spacial score (nSPS) is 14.2. The van der Waals surface area contributed by atoms with Crippen LogP contribution in [0.5, 0.6) is 0 Å². The second-order valence-electron chi connectivity index (χ2n) is 30.8. The SMILES string of the molecule is CC(C)(C)C1=CC(=O)C(=O)C(C(C)(C)C)=C1.CC(C)(C)C1=CC(=O)C(=O)C(C(C)(C)C)=C1.Cc1cccc(CN(Cc2cccc(C)n2)Cc2cccc(C)n2)n1.Cc1cccc(CN(Cc2cccc(C)n2)Cc2cccc(C)n2)n1.Cc1ccccc1.Cc1ccccc1.F[P-](F)(F)(F)(F)F.F[P-](F)(F)(F)(F)F.[Zn+2].[Zn+2]. The van der Waals surface area contributed by atoms with Crippen LogP contribution in [0.3, 0.4) is 0 Å². The summed E-state index contributed by atoms with van der Waals surface area (Å²) in [6.45, 7) is 44.9. The number of carbonyl (C=O) groups is 4. The zero-order chi connectivity index (χ0) is 83.8. The molecule has 0 saturated carbocycles. The number of carbonyl (C=O) groups excluding carboxylic acids is 4. The van der Waals surface area contributed by atoms with Gasteiger partial charge in [0.05, 0.1) is 34.2 Å². The summed E-state index contributed by atoms with van der Waals surface area (Å²) >= 11 is 0. The molecule has 0 radical (unpaired) electrons. The number of Topliss-reactive ketones (excluding diaryl/α,β-unsaturated/α-hetero) is 2. The summed E-state index contributed by atoms with van der Waals surface area (Å²) in [7, 11) is -21.3. The maximum Gasteiger partial charge on any atom is 2.00 e. The van der Waals surface area contributed by atoms with Crippen molar-refractivity contribution in [1.29, 1.82) is 0 Å². The average molecular weight is 1710 g/mol. The number of hydrogen-bond donors (Lipinski definition) is 0. The van der Waals surface area contributed by atoms with E-state index in [9.17, 15) is 69.5 Å². The van der Waals surface area contributed by atoms with Crippen molar-refractivity contribution in [3.8, 4) is 0 Å². The van der Waals surface area contributed by atoms with Gasteiger partial charge in [-0.15, -0.1) is 0 Å². The molecule has 0 aliphatic heterocycles. The summed E-state index contributed by atoms with van der Waals surface area (Å²) in [6, 6.07) is 57.5. The second kappa shape index (κ2) is 40.9. The molecule has 2 aliphatic carbocycles. The van der Waals surface area contributed by atoms with E-state index in [-0.39, 0.29) is 72.2 Å². The van der Waals surface area contributed by atoms with Crippen LogP contribution in [0.25, 0.3) is 0 Å². The minimum atomic E-state index is -10.7. The Hall–Kier alpha value is -7.83. The van der Waals surface area contributed by atoms with Crippen LogP contribution in [0.2, 0.25) is 0 Å². The molecule has 6 aromatic heterocycles. The van der Waals surface area contributed by atoms with E-state index in [1.165, 1.54) is 23.3 Å². The topological polar surface area (TPSA) is 152 Å². The third kappa shape index (κ3) is 47.6. The molecular formula is C84H104F12N8O4P2Zn2+2. The molecule has 0 bridgehead atoms. The van der Waals surface area contributed by atoms with Crippen LogP contribution in [-0.2, 0) is 97.4 Å². The summed E-state index contributed by atoms with van der Waals surface area (Å²) < 4.78 is 118. The summed E-state index contributed by atoms with van der Waals surface area (Å²) in [5.41, 5.74) is 17.6. The van der Waals surface area contributed by atoms with Crippen molar-refractivity contribution in [3.05, 3.63) is 296 Å². The molecule has 0 atom stereocenters. The summed E-state index contributed by atoms with van der Waals surface area (Å²) in [5, 5.41) is 0. The molecular weight excluding hydrogens is 1610 g/mol. The Morgan fingerprint density at radius 1 is 0.268 bits per heavy atom. The van der Waals surface area contributed by atoms with Crippen LogP contribution in [0, 0.1) is 77.0 Å². The molecule has 0 fully saturated rings. The molecule has 2 aliphatic rings. The maximum atomic E-state index is 11.8. The molecule has 0 amide bonds. The van der Waals surface area contributed by atoms with Crippen LogP contribution >= 0.6 is 15.6 Å². The molecule has 0 N–H and O–H groups in total. The molecule has 28 heteroatoms. The molecule has 0 spiro atoms. The number of aryl methyl sites for hydroxylation is 8.